The number of hydrogen-bond donors (Lipinski definition) is 1. The van der Waals surface area contributed by atoms with E-state index in [1.165, 1.54) is 26.4 Å². The molecule has 1 N–H and O–H groups in total. The molecule has 11 heteroatoms. The number of hydrogen-bond acceptors (Lipinski definition) is 8. The fourth-order valence-corrected chi connectivity index (χ4v) is 2.12. The Balaban J connectivity index is 2.27. The van der Waals surface area contributed by atoms with Crippen molar-refractivity contribution in [3.8, 4) is 11.5 Å². The zero-order chi connectivity index (χ0) is 20.0. The van der Waals surface area contributed by atoms with Crippen molar-refractivity contribution in [1.82, 2.24) is 5.32 Å². The first-order chi connectivity index (χ1) is 12.9. The minimum absolute atomic E-state index is 0.162. The number of ether oxygens (including phenoxy) is 3. The van der Waals surface area contributed by atoms with E-state index < -0.39 is 28.7 Å². The highest BCUT2D eigenvalue weighted by atomic mass is 16.6. The van der Waals surface area contributed by atoms with E-state index in [9.17, 15) is 24.5 Å². The highest BCUT2D eigenvalue weighted by molar-refractivity contribution is 6.21. The van der Waals surface area contributed by atoms with Crippen molar-refractivity contribution < 1.29 is 33.5 Å². The first kappa shape index (κ1) is 19.6. The van der Waals surface area contributed by atoms with Gasteiger partial charge >= 0.3 is 23.8 Å². The standard InChI is InChI=1S/C16H15N3O8/c1-25-10-5-3-4-9(14(10)27-8-12(20)26-2)6-7-11-17-15(21)13(19(23)24)16(22)18-11/h3-7,13H,8H2,1-2H3,(H,17,18,21,22)/b7-6+. The van der Waals surface area contributed by atoms with Gasteiger partial charge in [0, 0.05) is 10.5 Å². The molecule has 1 aliphatic heterocycles. The van der Waals surface area contributed by atoms with Crippen molar-refractivity contribution in [2.45, 2.75) is 6.04 Å². The van der Waals surface area contributed by atoms with Crippen LogP contribution in [0.15, 0.2) is 29.3 Å². The fourth-order valence-electron chi connectivity index (χ4n) is 2.12. The molecular weight excluding hydrogens is 362 g/mol. The predicted molar refractivity (Wildman–Crippen MR) is 90.9 cm³/mol. The molecule has 0 aliphatic carbocycles. The van der Waals surface area contributed by atoms with Gasteiger partial charge in [-0.2, -0.15) is 4.99 Å². The lowest BCUT2D eigenvalue weighted by Gasteiger charge is -2.14. The Hall–Kier alpha value is -3.76. The number of benzene rings is 1. The van der Waals surface area contributed by atoms with Gasteiger partial charge in [-0.25, -0.2) is 4.79 Å². The number of carbonyl (C=O) groups excluding carboxylic acids is 3. The summed E-state index contributed by atoms with van der Waals surface area (Å²) in [5.74, 6) is -2.45. The van der Waals surface area contributed by atoms with Crippen LogP contribution in [0.4, 0.5) is 0 Å². The minimum Gasteiger partial charge on any atom is -0.493 e. The van der Waals surface area contributed by atoms with E-state index in [0.29, 0.717) is 11.3 Å². The Labute approximate surface area is 152 Å². The van der Waals surface area contributed by atoms with Crippen LogP contribution in [0, 0.1) is 10.1 Å². The number of amidine groups is 1. The normalized spacial score (nSPS) is 16.5. The summed E-state index contributed by atoms with van der Waals surface area (Å²) in [5.41, 5.74) is 0.444. The summed E-state index contributed by atoms with van der Waals surface area (Å²) in [5, 5.41) is 12.9. The Kier molecular flexibility index (Phi) is 6.20. The number of aliphatic imine (C=N–C) groups is 1. The first-order valence-corrected chi connectivity index (χ1v) is 7.49. The van der Waals surface area contributed by atoms with E-state index in [0.717, 1.165) is 0 Å². The van der Waals surface area contributed by atoms with Crippen molar-refractivity contribution in [1.29, 1.82) is 0 Å². The van der Waals surface area contributed by atoms with E-state index in [4.69, 9.17) is 9.47 Å². The molecule has 2 amide bonds. The maximum absolute atomic E-state index is 11.7. The highest BCUT2D eigenvalue weighted by Crippen LogP contribution is 2.32. The summed E-state index contributed by atoms with van der Waals surface area (Å²) in [4.78, 5) is 47.7. The average molecular weight is 377 g/mol. The molecule has 0 spiro atoms. The van der Waals surface area contributed by atoms with Gasteiger partial charge in [0.25, 0.3) is 0 Å². The zero-order valence-corrected chi connectivity index (χ0v) is 14.3. The van der Waals surface area contributed by atoms with E-state index in [1.807, 2.05) is 0 Å². The predicted octanol–water partition coefficient (Wildman–Crippen LogP) is -0.0396. The van der Waals surface area contributed by atoms with Gasteiger partial charge in [-0.1, -0.05) is 12.1 Å². The third-order valence-corrected chi connectivity index (χ3v) is 3.39. The average Bonchev–Trinajstić information content (AvgIpc) is 2.63. The summed E-state index contributed by atoms with van der Waals surface area (Å²) < 4.78 is 15.1. The molecule has 0 radical (unpaired) electrons. The largest absolute Gasteiger partial charge is 0.493 e. The van der Waals surface area contributed by atoms with E-state index >= 15 is 0 Å². The van der Waals surface area contributed by atoms with Crippen molar-refractivity contribution in [2.24, 2.45) is 4.99 Å². The lowest BCUT2D eigenvalue weighted by Crippen LogP contribution is -2.50. The molecule has 0 aromatic heterocycles. The van der Waals surface area contributed by atoms with E-state index in [1.54, 1.807) is 18.2 Å². The quantitative estimate of drug-likeness (QED) is 0.301. The van der Waals surface area contributed by atoms with Crippen LogP contribution in [0.25, 0.3) is 6.08 Å². The Morgan fingerprint density at radius 3 is 2.67 bits per heavy atom. The van der Waals surface area contributed by atoms with Crippen LogP contribution in [-0.4, -0.2) is 55.4 Å². The highest BCUT2D eigenvalue weighted by Gasteiger charge is 2.41. The molecule has 1 atom stereocenters. The van der Waals surface area contributed by atoms with Gasteiger partial charge in [0.2, 0.25) is 0 Å². The van der Waals surface area contributed by atoms with Crippen molar-refractivity contribution in [3.05, 3.63) is 40.0 Å². The van der Waals surface area contributed by atoms with Crippen LogP contribution >= 0.6 is 0 Å². The van der Waals surface area contributed by atoms with Crippen molar-refractivity contribution in [3.63, 3.8) is 0 Å². The molecule has 0 fully saturated rings. The van der Waals surface area contributed by atoms with Crippen LogP contribution in [0.5, 0.6) is 11.5 Å². The fraction of sp³-hybridized carbons (Fsp3) is 0.250. The van der Waals surface area contributed by atoms with Gasteiger partial charge in [0.15, 0.2) is 18.1 Å². The monoisotopic (exact) mass is 377 g/mol. The molecule has 0 saturated carbocycles. The summed E-state index contributed by atoms with van der Waals surface area (Å²) in [6.07, 6.45) is 2.71. The molecule has 27 heavy (non-hydrogen) atoms. The van der Waals surface area contributed by atoms with Gasteiger partial charge in [0.05, 0.1) is 14.2 Å². The maximum atomic E-state index is 11.7. The van der Waals surface area contributed by atoms with Gasteiger partial charge in [-0.3, -0.25) is 19.7 Å². The van der Waals surface area contributed by atoms with Crippen LogP contribution in [0.2, 0.25) is 0 Å². The molecule has 1 unspecified atom stereocenters. The summed E-state index contributed by atoms with van der Waals surface area (Å²) in [6, 6.07) is 2.82. The Bertz CT molecular complexity index is 846. The number of carbonyl (C=O) groups is 3. The number of esters is 1. The van der Waals surface area contributed by atoms with Gasteiger partial charge in [-0.15, -0.1) is 0 Å². The van der Waals surface area contributed by atoms with Crippen molar-refractivity contribution >= 4 is 29.7 Å². The van der Waals surface area contributed by atoms with Gasteiger partial charge < -0.3 is 19.5 Å². The van der Waals surface area contributed by atoms with E-state index in [2.05, 4.69) is 15.0 Å². The Morgan fingerprint density at radius 1 is 1.33 bits per heavy atom. The lowest BCUT2D eigenvalue weighted by atomic mass is 10.1. The zero-order valence-electron chi connectivity index (χ0n) is 14.3. The molecule has 0 bridgehead atoms. The molecular formula is C16H15N3O8. The number of para-hydroxylation sites is 1. The number of methoxy groups -OCH3 is 2. The number of nitrogens with zero attached hydrogens (tertiary/aromatic N) is 2. The topological polar surface area (TPSA) is 146 Å². The third-order valence-electron chi connectivity index (χ3n) is 3.39. The molecule has 142 valence electrons. The van der Waals surface area contributed by atoms with Crippen LogP contribution in [0.3, 0.4) is 0 Å². The molecule has 1 aliphatic rings. The molecule has 1 aromatic rings. The second-order valence-electron chi connectivity index (χ2n) is 5.09. The second kappa shape index (κ2) is 8.56. The van der Waals surface area contributed by atoms with Crippen molar-refractivity contribution in [2.75, 3.05) is 20.8 Å². The minimum atomic E-state index is -2.06. The second-order valence-corrected chi connectivity index (χ2v) is 5.09. The smallest absolute Gasteiger partial charge is 0.368 e. The number of rotatable bonds is 7. The molecule has 1 aromatic carbocycles. The van der Waals surface area contributed by atoms with Gasteiger partial charge in [-0.05, 0) is 18.2 Å². The first-order valence-electron chi connectivity index (χ1n) is 7.49. The molecule has 2 rings (SSSR count). The third kappa shape index (κ3) is 4.66. The SMILES string of the molecule is COC(=O)COc1c(/C=C/C2=NC(=O)C([N+](=O)[O-])C(=O)N2)cccc1OC. The number of nitrogens with one attached hydrogen (secondary N) is 1. The van der Waals surface area contributed by atoms with Gasteiger partial charge in [0.1, 0.15) is 5.84 Å². The number of amides is 2. The summed E-state index contributed by atoms with van der Waals surface area (Å²) in [7, 11) is 2.63. The molecule has 0 saturated heterocycles. The maximum Gasteiger partial charge on any atom is 0.368 e. The lowest BCUT2D eigenvalue weighted by molar-refractivity contribution is -0.493. The van der Waals surface area contributed by atoms with Crippen LogP contribution in [0.1, 0.15) is 5.56 Å². The summed E-state index contributed by atoms with van der Waals surface area (Å²) >= 11 is 0. The van der Waals surface area contributed by atoms with E-state index in [-0.39, 0.29) is 18.2 Å². The van der Waals surface area contributed by atoms with Crippen LogP contribution < -0.4 is 14.8 Å². The Morgan fingerprint density at radius 2 is 2.07 bits per heavy atom. The summed E-state index contributed by atoms with van der Waals surface area (Å²) in [6.45, 7) is -0.363. The molecule has 11 nitrogen and oxygen atoms in total. The van der Waals surface area contributed by atoms with Crippen LogP contribution in [-0.2, 0) is 19.1 Å². The molecule has 1 heterocycles. The number of nitro groups is 1.